The number of ether oxygens (including phenoxy) is 1. The molecule has 0 unspecified atom stereocenters. The van der Waals surface area contributed by atoms with E-state index in [0.717, 1.165) is 19.2 Å². The highest BCUT2D eigenvalue weighted by Gasteiger charge is 2.19. The summed E-state index contributed by atoms with van der Waals surface area (Å²) in [7, 11) is 1.11. The van der Waals surface area contributed by atoms with Gasteiger partial charge in [-0.3, -0.25) is 4.79 Å². The number of aliphatic carboxylic acids is 1. The first-order valence-corrected chi connectivity index (χ1v) is 3.98. The van der Waals surface area contributed by atoms with Crippen LogP contribution in [0, 0.1) is 11.6 Å². The Morgan fingerprint density at radius 2 is 1.93 bits per heavy atom. The summed E-state index contributed by atoms with van der Waals surface area (Å²) >= 11 is 0. The second kappa shape index (κ2) is 4.22. The van der Waals surface area contributed by atoms with Crippen LogP contribution >= 0.6 is 0 Å². The van der Waals surface area contributed by atoms with E-state index in [2.05, 4.69) is 4.74 Å². The Labute approximate surface area is 84.3 Å². The maximum Gasteiger partial charge on any atom is 0.325 e. The Morgan fingerprint density at radius 1 is 1.47 bits per heavy atom. The fraction of sp³-hybridized carbons (Fsp3) is 0.222. The number of nitrogens with two attached hydrogens (primary N) is 1. The van der Waals surface area contributed by atoms with Crippen molar-refractivity contribution in [3.63, 3.8) is 0 Å². The summed E-state index contributed by atoms with van der Waals surface area (Å²) in [5, 5.41) is 8.54. The molecule has 0 aliphatic heterocycles. The summed E-state index contributed by atoms with van der Waals surface area (Å²) in [6, 6.07) is 0.210. The van der Waals surface area contributed by atoms with Crippen LogP contribution in [0.5, 0.6) is 5.75 Å². The van der Waals surface area contributed by atoms with Crippen molar-refractivity contribution < 1.29 is 23.4 Å². The molecule has 0 saturated heterocycles. The average molecular weight is 217 g/mol. The molecule has 1 atom stereocenters. The molecule has 0 saturated carbocycles. The van der Waals surface area contributed by atoms with E-state index in [9.17, 15) is 13.6 Å². The van der Waals surface area contributed by atoms with E-state index >= 15 is 0 Å². The Balaban J connectivity index is 3.19. The number of hydrogen-bond donors (Lipinski definition) is 2. The third-order valence-corrected chi connectivity index (χ3v) is 1.85. The van der Waals surface area contributed by atoms with Crippen LogP contribution in [-0.4, -0.2) is 18.2 Å². The summed E-state index contributed by atoms with van der Waals surface area (Å²) in [6.45, 7) is 0. The van der Waals surface area contributed by atoms with E-state index in [0.29, 0.717) is 0 Å². The quantitative estimate of drug-likeness (QED) is 0.793. The predicted octanol–water partition coefficient (Wildman–Crippen LogP) is 1.06. The summed E-state index contributed by atoms with van der Waals surface area (Å²) in [6.07, 6.45) is 0. The molecule has 0 spiro atoms. The molecule has 3 N–H and O–H groups in total. The fourth-order valence-electron chi connectivity index (χ4n) is 1.10. The maximum atomic E-state index is 13.1. The zero-order valence-corrected chi connectivity index (χ0v) is 7.83. The minimum Gasteiger partial charge on any atom is -0.491 e. The molecule has 1 rings (SSSR count). The average Bonchev–Trinajstić information content (AvgIpc) is 2.15. The monoisotopic (exact) mass is 217 g/mol. The Bertz CT molecular complexity index is 372. The summed E-state index contributed by atoms with van der Waals surface area (Å²) in [5.74, 6) is -3.89. The van der Waals surface area contributed by atoms with Gasteiger partial charge in [0.1, 0.15) is 6.04 Å². The molecule has 1 aromatic rings. The van der Waals surface area contributed by atoms with Gasteiger partial charge < -0.3 is 15.6 Å². The van der Waals surface area contributed by atoms with E-state index in [-0.39, 0.29) is 5.56 Å². The zero-order chi connectivity index (χ0) is 11.6. The third-order valence-electron chi connectivity index (χ3n) is 1.85. The molecule has 82 valence electrons. The van der Waals surface area contributed by atoms with Crippen LogP contribution in [0.1, 0.15) is 11.6 Å². The number of methoxy groups -OCH3 is 1. The molecule has 4 nitrogen and oxygen atoms in total. The van der Waals surface area contributed by atoms with Gasteiger partial charge in [0.25, 0.3) is 0 Å². The lowest BCUT2D eigenvalue weighted by atomic mass is 10.1. The van der Waals surface area contributed by atoms with Crippen molar-refractivity contribution in [2.45, 2.75) is 6.04 Å². The van der Waals surface area contributed by atoms with Gasteiger partial charge in [-0.05, 0) is 17.7 Å². The maximum absolute atomic E-state index is 13.1. The zero-order valence-electron chi connectivity index (χ0n) is 7.83. The number of hydrogen-bond acceptors (Lipinski definition) is 3. The van der Waals surface area contributed by atoms with Crippen LogP contribution in [0.2, 0.25) is 0 Å². The number of carboxylic acid groups (broad SMARTS) is 1. The lowest BCUT2D eigenvalue weighted by Crippen LogP contribution is -2.21. The minimum atomic E-state index is -1.46. The van der Waals surface area contributed by atoms with Gasteiger partial charge in [0.05, 0.1) is 7.11 Å². The third kappa shape index (κ3) is 2.21. The number of halogens is 2. The highest BCUT2D eigenvalue weighted by Crippen LogP contribution is 2.25. The number of benzene rings is 1. The van der Waals surface area contributed by atoms with Crippen LogP contribution < -0.4 is 10.5 Å². The summed E-state index contributed by atoms with van der Waals surface area (Å²) in [5.41, 5.74) is 5.04. The first-order chi connectivity index (χ1) is 6.97. The highest BCUT2D eigenvalue weighted by atomic mass is 19.1. The summed E-state index contributed by atoms with van der Waals surface area (Å²) in [4.78, 5) is 10.5. The number of carboxylic acids is 1. The van der Waals surface area contributed by atoms with Crippen molar-refractivity contribution in [1.29, 1.82) is 0 Å². The van der Waals surface area contributed by atoms with Crippen molar-refractivity contribution in [2.24, 2.45) is 5.73 Å². The minimum absolute atomic E-state index is 0.154. The normalized spacial score (nSPS) is 12.3. The smallest absolute Gasteiger partial charge is 0.325 e. The van der Waals surface area contributed by atoms with Gasteiger partial charge in [-0.1, -0.05) is 0 Å². The van der Waals surface area contributed by atoms with Crippen molar-refractivity contribution in [3.05, 3.63) is 29.3 Å². The molecule has 0 aliphatic rings. The van der Waals surface area contributed by atoms with Crippen molar-refractivity contribution in [1.82, 2.24) is 0 Å². The lowest BCUT2D eigenvalue weighted by Gasteiger charge is -2.09. The molecule has 6 heteroatoms. The van der Waals surface area contributed by atoms with E-state index in [4.69, 9.17) is 10.8 Å². The molecule has 0 radical (unpaired) electrons. The molecule has 0 amide bonds. The van der Waals surface area contributed by atoms with Gasteiger partial charge in [0, 0.05) is 0 Å². The van der Waals surface area contributed by atoms with Crippen LogP contribution in [0.4, 0.5) is 8.78 Å². The molecule has 1 aromatic carbocycles. The second-order valence-corrected chi connectivity index (χ2v) is 2.83. The van der Waals surface area contributed by atoms with E-state index < -0.39 is 29.4 Å². The van der Waals surface area contributed by atoms with Gasteiger partial charge in [-0.2, -0.15) is 0 Å². The molecule has 0 aromatic heterocycles. The number of carbonyl (C=O) groups is 1. The van der Waals surface area contributed by atoms with Gasteiger partial charge in [-0.25, -0.2) is 8.78 Å². The van der Waals surface area contributed by atoms with Gasteiger partial charge in [0.15, 0.2) is 17.4 Å². The van der Waals surface area contributed by atoms with E-state index in [1.165, 1.54) is 0 Å². The first kappa shape index (κ1) is 11.4. The van der Waals surface area contributed by atoms with Crippen LogP contribution in [0.25, 0.3) is 0 Å². The highest BCUT2D eigenvalue weighted by molar-refractivity contribution is 5.75. The predicted molar refractivity (Wildman–Crippen MR) is 47.5 cm³/mol. The largest absolute Gasteiger partial charge is 0.491 e. The molecule has 0 aliphatic carbocycles. The van der Waals surface area contributed by atoms with Crippen molar-refractivity contribution in [2.75, 3.05) is 7.11 Å². The van der Waals surface area contributed by atoms with Crippen molar-refractivity contribution in [3.8, 4) is 5.75 Å². The van der Waals surface area contributed by atoms with Gasteiger partial charge >= 0.3 is 5.97 Å². The molecular weight excluding hydrogens is 208 g/mol. The summed E-state index contributed by atoms with van der Waals surface area (Å²) < 4.78 is 30.7. The topological polar surface area (TPSA) is 72.5 Å². The SMILES string of the molecule is COc1c(F)cc([C@H](N)C(=O)O)cc1F. The molecule has 0 heterocycles. The van der Waals surface area contributed by atoms with Crippen LogP contribution in [0.15, 0.2) is 12.1 Å². The van der Waals surface area contributed by atoms with Crippen LogP contribution in [-0.2, 0) is 4.79 Å². The number of rotatable bonds is 3. The Hall–Kier alpha value is -1.69. The van der Waals surface area contributed by atoms with Gasteiger partial charge in [0.2, 0.25) is 0 Å². The second-order valence-electron chi connectivity index (χ2n) is 2.83. The molecule has 0 bridgehead atoms. The molecular formula is C9H9F2NO3. The van der Waals surface area contributed by atoms with Gasteiger partial charge in [-0.15, -0.1) is 0 Å². The lowest BCUT2D eigenvalue weighted by molar-refractivity contribution is -0.138. The van der Waals surface area contributed by atoms with Crippen molar-refractivity contribution >= 4 is 5.97 Å². The standard InChI is InChI=1S/C9H9F2NO3/c1-15-8-5(10)2-4(3-6(8)11)7(12)9(13)14/h2-3,7H,12H2,1H3,(H,13,14)/t7-/m0/s1. The Morgan fingerprint density at radius 3 is 2.27 bits per heavy atom. The van der Waals surface area contributed by atoms with E-state index in [1.54, 1.807) is 0 Å². The molecule has 15 heavy (non-hydrogen) atoms. The first-order valence-electron chi connectivity index (χ1n) is 3.98. The fourth-order valence-corrected chi connectivity index (χ4v) is 1.10. The van der Waals surface area contributed by atoms with E-state index in [1.807, 2.05) is 0 Å². The molecule has 0 fully saturated rings. The Kier molecular flexibility index (Phi) is 3.21. The van der Waals surface area contributed by atoms with Crippen LogP contribution in [0.3, 0.4) is 0 Å².